The van der Waals surface area contributed by atoms with Gasteiger partial charge in [0.25, 0.3) is 17.4 Å². The van der Waals surface area contributed by atoms with E-state index in [2.05, 4.69) is 10.2 Å². The molecule has 9 heteroatoms. The topological polar surface area (TPSA) is 84.6 Å². The van der Waals surface area contributed by atoms with Crippen LogP contribution in [-0.2, 0) is 6.54 Å². The van der Waals surface area contributed by atoms with Crippen LogP contribution in [0.25, 0.3) is 15.5 Å². The van der Waals surface area contributed by atoms with Gasteiger partial charge in [0.2, 0.25) is 4.96 Å². The second kappa shape index (κ2) is 5.93. The Morgan fingerprint density at radius 2 is 1.74 bits per heavy atom. The average molecular weight is 394 g/mol. The van der Waals surface area contributed by atoms with Gasteiger partial charge >= 0.3 is 0 Å². The highest BCUT2D eigenvalue weighted by molar-refractivity contribution is 7.19. The summed E-state index contributed by atoms with van der Waals surface area (Å²) in [6, 6.07) is 12.8. The SMILES string of the molecule is O=C1c2sc3nnc(-c4cccs4)c(=O)n3c2C(=O)N1Cc1ccccc1. The van der Waals surface area contributed by atoms with Crippen LogP contribution in [0.1, 0.15) is 25.7 Å². The predicted molar refractivity (Wildman–Crippen MR) is 101 cm³/mol. The minimum absolute atomic E-state index is 0.0774. The van der Waals surface area contributed by atoms with Crippen molar-refractivity contribution in [3.05, 3.63) is 74.3 Å². The smallest absolute Gasteiger partial charge is 0.268 e. The van der Waals surface area contributed by atoms with Crippen LogP contribution in [0.3, 0.4) is 0 Å². The predicted octanol–water partition coefficient (Wildman–Crippen LogP) is 2.68. The highest BCUT2D eigenvalue weighted by atomic mass is 32.1. The van der Waals surface area contributed by atoms with Crippen molar-refractivity contribution < 1.29 is 9.59 Å². The summed E-state index contributed by atoms with van der Waals surface area (Å²) >= 11 is 2.38. The minimum atomic E-state index is -0.489. The molecule has 27 heavy (non-hydrogen) atoms. The van der Waals surface area contributed by atoms with Crippen LogP contribution in [0.5, 0.6) is 0 Å². The summed E-state index contributed by atoms with van der Waals surface area (Å²) in [5, 5.41) is 9.89. The van der Waals surface area contributed by atoms with Gasteiger partial charge in [-0.2, -0.15) is 0 Å². The molecule has 0 bridgehead atoms. The molecular weight excluding hydrogens is 384 g/mol. The van der Waals surface area contributed by atoms with Crippen molar-refractivity contribution >= 4 is 39.4 Å². The summed E-state index contributed by atoms with van der Waals surface area (Å²) in [5.41, 5.74) is 0.645. The van der Waals surface area contributed by atoms with E-state index in [-0.39, 0.29) is 27.8 Å². The molecule has 132 valence electrons. The first-order valence-corrected chi connectivity index (χ1v) is 9.71. The van der Waals surface area contributed by atoms with Gasteiger partial charge in [-0.05, 0) is 17.0 Å². The van der Waals surface area contributed by atoms with Crippen molar-refractivity contribution in [2.45, 2.75) is 6.54 Å². The Hall–Kier alpha value is -3.17. The van der Waals surface area contributed by atoms with Gasteiger partial charge in [0.1, 0.15) is 10.6 Å². The van der Waals surface area contributed by atoms with Crippen molar-refractivity contribution in [2.24, 2.45) is 0 Å². The molecule has 1 aliphatic heterocycles. The molecule has 0 spiro atoms. The van der Waals surface area contributed by atoms with E-state index in [0.717, 1.165) is 21.8 Å². The second-order valence-electron chi connectivity index (χ2n) is 5.91. The lowest BCUT2D eigenvalue weighted by molar-refractivity contribution is 0.0641. The molecule has 7 nitrogen and oxygen atoms in total. The van der Waals surface area contributed by atoms with Gasteiger partial charge in [-0.15, -0.1) is 21.5 Å². The number of hydrogen-bond donors (Lipinski definition) is 0. The van der Waals surface area contributed by atoms with Gasteiger partial charge in [0.15, 0.2) is 5.69 Å². The van der Waals surface area contributed by atoms with E-state index in [9.17, 15) is 14.4 Å². The van der Waals surface area contributed by atoms with Crippen LogP contribution < -0.4 is 5.56 Å². The molecule has 1 aromatic carbocycles. The first kappa shape index (κ1) is 16.0. The number of carbonyl (C=O) groups excluding carboxylic acids is 2. The van der Waals surface area contributed by atoms with Gasteiger partial charge in [0.05, 0.1) is 11.4 Å². The molecule has 0 N–H and O–H groups in total. The first-order valence-electron chi connectivity index (χ1n) is 8.01. The molecule has 1 aliphatic rings. The van der Waals surface area contributed by atoms with E-state index >= 15 is 0 Å². The fourth-order valence-electron chi connectivity index (χ4n) is 3.04. The van der Waals surface area contributed by atoms with E-state index in [1.807, 2.05) is 41.8 Å². The summed E-state index contributed by atoms with van der Waals surface area (Å²) in [6.45, 7) is 0.159. The Labute approximate surface area is 160 Å². The third-order valence-electron chi connectivity index (χ3n) is 4.29. The Balaban J connectivity index is 1.65. The maximum absolute atomic E-state index is 13.0. The van der Waals surface area contributed by atoms with Gasteiger partial charge in [-0.1, -0.05) is 47.7 Å². The quantitative estimate of drug-likeness (QED) is 0.499. The third kappa shape index (κ3) is 2.36. The number of amides is 2. The molecule has 0 fully saturated rings. The number of carbonyl (C=O) groups is 2. The van der Waals surface area contributed by atoms with E-state index in [4.69, 9.17) is 0 Å². The van der Waals surface area contributed by atoms with Crippen LogP contribution in [0.15, 0.2) is 52.6 Å². The summed E-state index contributed by atoms with van der Waals surface area (Å²) < 4.78 is 1.22. The Kier molecular flexibility index (Phi) is 3.52. The van der Waals surface area contributed by atoms with Crippen LogP contribution >= 0.6 is 22.7 Å². The zero-order valence-electron chi connectivity index (χ0n) is 13.7. The average Bonchev–Trinajstić information content (AvgIpc) is 3.38. The number of benzene rings is 1. The monoisotopic (exact) mass is 394 g/mol. The number of thiazole rings is 1. The number of nitrogens with zero attached hydrogens (tertiary/aromatic N) is 4. The van der Waals surface area contributed by atoms with E-state index in [0.29, 0.717) is 4.88 Å². The lowest BCUT2D eigenvalue weighted by Gasteiger charge is -2.14. The van der Waals surface area contributed by atoms with Crippen LogP contribution in [-0.4, -0.2) is 31.3 Å². The molecule has 0 unspecified atom stereocenters. The Morgan fingerprint density at radius 3 is 2.48 bits per heavy atom. The van der Waals surface area contributed by atoms with Gasteiger partial charge in [0, 0.05) is 0 Å². The van der Waals surface area contributed by atoms with Crippen molar-refractivity contribution in [1.29, 1.82) is 0 Å². The van der Waals surface area contributed by atoms with Crippen molar-refractivity contribution in [1.82, 2.24) is 19.5 Å². The molecule has 3 aromatic heterocycles. The van der Waals surface area contributed by atoms with E-state index in [1.54, 1.807) is 6.07 Å². The van der Waals surface area contributed by atoms with Crippen molar-refractivity contribution in [3.63, 3.8) is 0 Å². The molecule has 0 atom stereocenters. The summed E-state index contributed by atoms with van der Waals surface area (Å²) in [4.78, 5) is 41.0. The summed E-state index contributed by atoms with van der Waals surface area (Å²) in [5.74, 6) is -0.899. The van der Waals surface area contributed by atoms with Crippen molar-refractivity contribution in [3.8, 4) is 10.6 Å². The van der Waals surface area contributed by atoms with Gasteiger partial charge in [-0.25, -0.2) is 4.40 Å². The second-order valence-corrected chi connectivity index (χ2v) is 7.84. The molecule has 4 aromatic rings. The molecule has 5 rings (SSSR count). The number of thiophene rings is 1. The number of hydrogen-bond acceptors (Lipinski definition) is 7. The van der Waals surface area contributed by atoms with Gasteiger partial charge < -0.3 is 0 Å². The zero-order valence-corrected chi connectivity index (χ0v) is 15.3. The van der Waals surface area contributed by atoms with Crippen LogP contribution in [0, 0.1) is 0 Å². The summed E-state index contributed by atoms with van der Waals surface area (Å²) in [7, 11) is 0. The molecular formula is C18H10N4O3S2. The highest BCUT2D eigenvalue weighted by Gasteiger charge is 2.41. The first-order chi connectivity index (χ1) is 13.1. The number of aromatic nitrogens is 3. The lowest BCUT2D eigenvalue weighted by Crippen LogP contribution is -2.31. The van der Waals surface area contributed by atoms with E-state index in [1.165, 1.54) is 15.7 Å². The Bertz CT molecular complexity index is 1260. The molecule has 0 aliphatic carbocycles. The molecule has 0 radical (unpaired) electrons. The van der Waals surface area contributed by atoms with Gasteiger partial charge in [-0.3, -0.25) is 19.3 Å². The van der Waals surface area contributed by atoms with Crippen LogP contribution in [0.4, 0.5) is 0 Å². The summed E-state index contributed by atoms with van der Waals surface area (Å²) in [6.07, 6.45) is 0. The maximum atomic E-state index is 13.0. The normalized spacial score (nSPS) is 13.6. The fraction of sp³-hybridized carbons (Fsp3) is 0.0556. The standard InChI is InChI=1S/C18H10N4O3S2/c23-15-12(11-7-4-8-26-11)19-20-18-22(15)13-14(27-18)17(25)21(16(13)24)9-10-5-2-1-3-6-10/h1-8H,9H2. The lowest BCUT2D eigenvalue weighted by atomic mass is 10.2. The Morgan fingerprint density at radius 1 is 0.926 bits per heavy atom. The molecule has 4 heterocycles. The maximum Gasteiger partial charge on any atom is 0.286 e. The van der Waals surface area contributed by atoms with Crippen LogP contribution in [0.2, 0.25) is 0 Å². The number of imide groups is 1. The largest absolute Gasteiger partial charge is 0.286 e. The molecule has 0 saturated carbocycles. The third-order valence-corrected chi connectivity index (χ3v) is 6.19. The van der Waals surface area contributed by atoms with Crippen molar-refractivity contribution in [2.75, 3.05) is 0 Å². The van der Waals surface area contributed by atoms with E-state index < -0.39 is 17.4 Å². The molecule has 0 saturated heterocycles. The zero-order chi connectivity index (χ0) is 18.5. The number of fused-ring (bicyclic) bond motifs is 3. The highest BCUT2D eigenvalue weighted by Crippen LogP contribution is 2.31. The minimum Gasteiger partial charge on any atom is -0.268 e. The fourth-order valence-corrected chi connectivity index (χ4v) is 4.74. The number of rotatable bonds is 3. The molecule has 2 amide bonds.